The molecule has 0 bridgehead atoms. The molecule has 8 heteroatoms. The maximum absolute atomic E-state index is 10.8. The summed E-state index contributed by atoms with van der Waals surface area (Å²) in [4.78, 5) is 12.8. The molecule has 16 heavy (non-hydrogen) atoms. The number of rotatable bonds is 3. The van der Waals surface area contributed by atoms with Gasteiger partial charge < -0.3 is 10.0 Å². The zero-order chi connectivity index (χ0) is 11.5. The van der Waals surface area contributed by atoms with Crippen LogP contribution < -0.4 is 4.90 Å². The van der Waals surface area contributed by atoms with Gasteiger partial charge in [0, 0.05) is 25.1 Å². The van der Waals surface area contributed by atoms with Crippen molar-refractivity contribution in [2.24, 2.45) is 7.05 Å². The summed E-state index contributed by atoms with van der Waals surface area (Å²) in [5, 5.41) is 20.1. The third kappa shape index (κ3) is 2.26. The molecule has 2 rings (SSSR count). The summed E-state index contributed by atoms with van der Waals surface area (Å²) >= 11 is 1.77. The largest absolute Gasteiger partial charge is 0.481 e. The predicted octanol–water partition coefficient (Wildman–Crippen LogP) is -0.393. The van der Waals surface area contributed by atoms with Crippen LogP contribution in [0.4, 0.5) is 5.95 Å². The van der Waals surface area contributed by atoms with Gasteiger partial charge in [-0.3, -0.25) is 4.79 Å². The van der Waals surface area contributed by atoms with Crippen LogP contribution >= 0.6 is 11.8 Å². The second kappa shape index (κ2) is 4.69. The molecule has 0 aromatic carbocycles. The van der Waals surface area contributed by atoms with Gasteiger partial charge in [-0.05, 0) is 10.4 Å². The fourth-order valence-corrected chi connectivity index (χ4v) is 2.82. The molecule has 0 spiro atoms. The number of aliphatic carboxylic acids is 1. The van der Waals surface area contributed by atoms with Gasteiger partial charge in [0.15, 0.2) is 0 Å². The van der Waals surface area contributed by atoms with Crippen molar-refractivity contribution < 1.29 is 9.90 Å². The maximum Gasteiger partial charge on any atom is 0.305 e. The highest BCUT2D eigenvalue weighted by atomic mass is 32.2. The third-order valence-corrected chi connectivity index (χ3v) is 3.58. The summed E-state index contributed by atoms with van der Waals surface area (Å²) in [5.41, 5.74) is 0. The lowest BCUT2D eigenvalue weighted by Gasteiger charge is -2.34. The summed E-state index contributed by atoms with van der Waals surface area (Å²) in [6.07, 6.45) is 0.125. The standard InChI is InChI=1S/C8H13N5O2S/c1-12-8(9-10-11-12)13-2-3-16-5-6(13)4-7(14)15/h6H,2-5H2,1H3,(H,14,15). The van der Waals surface area contributed by atoms with E-state index in [1.54, 1.807) is 23.5 Å². The van der Waals surface area contributed by atoms with Gasteiger partial charge in [0.1, 0.15) is 0 Å². The third-order valence-electron chi connectivity index (χ3n) is 2.49. The van der Waals surface area contributed by atoms with Gasteiger partial charge in [-0.1, -0.05) is 5.10 Å². The number of aromatic nitrogens is 4. The smallest absolute Gasteiger partial charge is 0.305 e. The molecule has 2 heterocycles. The lowest BCUT2D eigenvalue weighted by Crippen LogP contribution is -2.45. The van der Waals surface area contributed by atoms with Gasteiger partial charge >= 0.3 is 5.97 Å². The second-order valence-electron chi connectivity index (χ2n) is 3.62. The number of carbonyl (C=O) groups is 1. The van der Waals surface area contributed by atoms with E-state index in [0.717, 1.165) is 18.1 Å². The Bertz CT molecular complexity index is 382. The van der Waals surface area contributed by atoms with Gasteiger partial charge in [-0.25, -0.2) is 4.68 Å². The van der Waals surface area contributed by atoms with Crippen LogP contribution in [0.3, 0.4) is 0 Å². The van der Waals surface area contributed by atoms with E-state index in [-0.39, 0.29) is 12.5 Å². The van der Waals surface area contributed by atoms with Crippen molar-refractivity contribution in [1.82, 2.24) is 20.2 Å². The van der Waals surface area contributed by atoms with E-state index < -0.39 is 5.97 Å². The van der Waals surface area contributed by atoms with Crippen molar-refractivity contribution >= 4 is 23.7 Å². The van der Waals surface area contributed by atoms with E-state index in [1.807, 2.05) is 4.90 Å². The molecular formula is C8H13N5O2S. The average molecular weight is 243 g/mol. The molecule has 0 aliphatic carbocycles. The van der Waals surface area contributed by atoms with Gasteiger partial charge in [-0.2, -0.15) is 11.8 Å². The number of carboxylic acid groups (broad SMARTS) is 1. The molecule has 1 unspecified atom stereocenters. The van der Waals surface area contributed by atoms with Gasteiger partial charge in [0.25, 0.3) is 0 Å². The van der Waals surface area contributed by atoms with Crippen LogP contribution in [-0.4, -0.2) is 55.4 Å². The van der Waals surface area contributed by atoms with E-state index in [9.17, 15) is 4.79 Å². The molecular weight excluding hydrogens is 230 g/mol. The fraction of sp³-hybridized carbons (Fsp3) is 0.750. The van der Waals surface area contributed by atoms with E-state index in [4.69, 9.17) is 5.11 Å². The minimum Gasteiger partial charge on any atom is -0.481 e. The first-order chi connectivity index (χ1) is 7.68. The second-order valence-corrected chi connectivity index (χ2v) is 4.77. The number of tetrazole rings is 1. The molecule has 88 valence electrons. The Labute approximate surface area is 96.8 Å². The number of anilines is 1. The van der Waals surface area contributed by atoms with Crippen LogP contribution in [0.25, 0.3) is 0 Å². The SMILES string of the molecule is Cn1nnnc1N1CCSCC1CC(=O)O. The fourth-order valence-electron chi connectivity index (χ4n) is 1.76. The summed E-state index contributed by atoms with van der Waals surface area (Å²) in [5.74, 6) is 1.64. The van der Waals surface area contributed by atoms with Gasteiger partial charge in [0.05, 0.1) is 12.5 Å². The van der Waals surface area contributed by atoms with Crippen LogP contribution in [-0.2, 0) is 11.8 Å². The maximum atomic E-state index is 10.8. The quantitative estimate of drug-likeness (QED) is 0.773. The zero-order valence-corrected chi connectivity index (χ0v) is 9.72. The van der Waals surface area contributed by atoms with Crippen LogP contribution in [0, 0.1) is 0 Å². The predicted molar refractivity (Wildman–Crippen MR) is 59.5 cm³/mol. The van der Waals surface area contributed by atoms with Crippen LogP contribution in [0.15, 0.2) is 0 Å². The Kier molecular flexibility index (Phi) is 3.28. The van der Waals surface area contributed by atoms with Crippen LogP contribution in [0.5, 0.6) is 0 Å². The summed E-state index contributed by atoms with van der Waals surface area (Å²) in [6.45, 7) is 0.789. The van der Waals surface area contributed by atoms with E-state index in [1.165, 1.54) is 0 Å². The Morgan fingerprint density at radius 3 is 3.12 bits per heavy atom. The van der Waals surface area contributed by atoms with Crippen molar-refractivity contribution in [3.05, 3.63) is 0 Å². The molecule has 1 N–H and O–H groups in total. The minimum absolute atomic E-state index is 0.0269. The first-order valence-corrected chi connectivity index (χ1v) is 6.12. The van der Waals surface area contributed by atoms with Gasteiger partial charge in [0.2, 0.25) is 5.95 Å². The highest BCUT2D eigenvalue weighted by Crippen LogP contribution is 2.23. The Balaban J connectivity index is 2.16. The first-order valence-electron chi connectivity index (χ1n) is 4.97. The summed E-state index contributed by atoms with van der Waals surface area (Å²) in [6, 6.07) is -0.0269. The molecule has 1 aliphatic rings. The number of carboxylic acids is 1. The molecule has 1 atom stereocenters. The topological polar surface area (TPSA) is 84.1 Å². The van der Waals surface area contributed by atoms with Crippen LogP contribution in [0.1, 0.15) is 6.42 Å². The summed E-state index contributed by atoms with van der Waals surface area (Å²) in [7, 11) is 1.76. The molecule has 1 aromatic rings. The molecule has 1 aromatic heterocycles. The Morgan fingerprint density at radius 2 is 2.50 bits per heavy atom. The van der Waals surface area contributed by atoms with Crippen molar-refractivity contribution in [1.29, 1.82) is 0 Å². The highest BCUT2D eigenvalue weighted by molar-refractivity contribution is 7.99. The molecule has 0 radical (unpaired) electrons. The van der Waals surface area contributed by atoms with Crippen molar-refractivity contribution in [3.63, 3.8) is 0 Å². The number of nitrogens with zero attached hydrogens (tertiary/aromatic N) is 5. The number of aryl methyl sites for hydroxylation is 1. The molecule has 0 amide bonds. The van der Waals surface area contributed by atoms with E-state index >= 15 is 0 Å². The zero-order valence-electron chi connectivity index (χ0n) is 8.91. The monoisotopic (exact) mass is 243 g/mol. The van der Waals surface area contributed by atoms with E-state index in [0.29, 0.717) is 5.95 Å². The number of hydrogen-bond donors (Lipinski definition) is 1. The number of hydrogen-bond acceptors (Lipinski definition) is 6. The summed E-state index contributed by atoms with van der Waals surface area (Å²) < 4.78 is 1.57. The first kappa shape index (κ1) is 11.2. The molecule has 1 fully saturated rings. The van der Waals surface area contributed by atoms with Gasteiger partial charge in [-0.15, -0.1) is 0 Å². The Hall–Kier alpha value is -1.31. The van der Waals surface area contributed by atoms with E-state index in [2.05, 4.69) is 15.5 Å². The van der Waals surface area contributed by atoms with Crippen molar-refractivity contribution in [2.75, 3.05) is 23.0 Å². The lowest BCUT2D eigenvalue weighted by molar-refractivity contribution is -0.137. The van der Waals surface area contributed by atoms with Crippen LogP contribution in [0.2, 0.25) is 0 Å². The van der Waals surface area contributed by atoms with Crippen molar-refractivity contribution in [3.8, 4) is 0 Å². The average Bonchev–Trinajstić information content (AvgIpc) is 2.64. The molecule has 0 saturated carbocycles. The highest BCUT2D eigenvalue weighted by Gasteiger charge is 2.28. The number of thioether (sulfide) groups is 1. The Morgan fingerprint density at radius 1 is 1.69 bits per heavy atom. The normalized spacial score (nSPS) is 21.1. The van der Waals surface area contributed by atoms with Crippen molar-refractivity contribution in [2.45, 2.75) is 12.5 Å². The minimum atomic E-state index is -0.785. The molecule has 1 aliphatic heterocycles. The molecule has 7 nitrogen and oxygen atoms in total. The molecule has 1 saturated heterocycles. The lowest BCUT2D eigenvalue weighted by atomic mass is 10.2.